The van der Waals surface area contributed by atoms with E-state index < -0.39 is 0 Å². The number of nitrogens with zero attached hydrogens (tertiary/aromatic N) is 2. The Labute approximate surface area is 162 Å². The first kappa shape index (κ1) is 17.9. The fourth-order valence-electron chi connectivity index (χ4n) is 4.31. The molecule has 0 saturated carbocycles. The van der Waals surface area contributed by atoms with Crippen molar-refractivity contribution in [2.24, 2.45) is 7.05 Å². The fraction of sp³-hybridized carbons (Fsp3) is 0.360. The molecule has 138 valence electrons. The van der Waals surface area contributed by atoms with Crippen LogP contribution in [0.4, 0.5) is 0 Å². The zero-order valence-corrected chi connectivity index (χ0v) is 17.5. The number of hydrogen-bond donors (Lipinski definition) is 0. The fourth-order valence-corrected chi connectivity index (χ4v) is 4.31. The molecular formula is C25H29N2+. The lowest BCUT2D eigenvalue weighted by Gasteiger charge is -2.21. The van der Waals surface area contributed by atoms with Crippen LogP contribution in [0.15, 0.2) is 42.6 Å². The van der Waals surface area contributed by atoms with Gasteiger partial charge in [-0.25, -0.2) is 4.57 Å². The van der Waals surface area contributed by atoms with E-state index in [1.807, 2.05) is 0 Å². The lowest BCUT2D eigenvalue weighted by atomic mass is 9.83. The highest BCUT2D eigenvalue weighted by Crippen LogP contribution is 2.49. The van der Waals surface area contributed by atoms with Gasteiger partial charge in [-0.3, -0.25) is 4.98 Å². The van der Waals surface area contributed by atoms with Gasteiger partial charge in [0.05, 0.1) is 5.69 Å². The summed E-state index contributed by atoms with van der Waals surface area (Å²) in [6.07, 6.45) is 2.18. The molecule has 1 aliphatic rings. The maximum Gasteiger partial charge on any atom is 0.212 e. The molecule has 0 atom stereocenters. The number of benzene rings is 1. The van der Waals surface area contributed by atoms with Gasteiger partial charge in [0.15, 0.2) is 6.20 Å². The topological polar surface area (TPSA) is 16.8 Å². The lowest BCUT2D eigenvalue weighted by Crippen LogP contribution is -2.31. The van der Waals surface area contributed by atoms with E-state index in [1.165, 1.54) is 44.8 Å². The molecule has 0 bridgehead atoms. The van der Waals surface area contributed by atoms with Crippen molar-refractivity contribution in [3.8, 4) is 22.4 Å². The Bertz CT molecular complexity index is 1060. The summed E-state index contributed by atoms with van der Waals surface area (Å²) in [5.74, 6) is 0.520. The molecule has 0 N–H and O–H groups in total. The first-order valence-electron chi connectivity index (χ1n) is 9.83. The van der Waals surface area contributed by atoms with Crippen LogP contribution in [0.3, 0.4) is 0 Å². The number of fused-ring (bicyclic) bond motifs is 3. The molecule has 0 unspecified atom stereocenters. The van der Waals surface area contributed by atoms with Gasteiger partial charge < -0.3 is 0 Å². The van der Waals surface area contributed by atoms with Crippen molar-refractivity contribution in [3.05, 3.63) is 70.7 Å². The van der Waals surface area contributed by atoms with Gasteiger partial charge in [-0.15, -0.1) is 0 Å². The van der Waals surface area contributed by atoms with Crippen molar-refractivity contribution in [3.63, 3.8) is 0 Å². The Morgan fingerprint density at radius 3 is 2.37 bits per heavy atom. The van der Waals surface area contributed by atoms with Crippen LogP contribution in [0.2, 0.25) is 0 Å². The van der Waals surface area contributed by atoms with Gasteiger partial charge in [-0.05, 0) is 54.2 Å². The normalized spacial score (nSPS) is 14.4. The molecule has 0 amide bonds. The minimum absolute atomic E-state index is 0.0536. The van der Waals surface area contributed by atoms with Crippen molar-refractivity contribution < 1.29 is 4.57 Å². The van der Waals surface area contributed by atoms with Crippen LogP contribution in [0.5, 0.6) is 0 Å². The van der Waals surface area contributed by atoms with Crippen LogP contribution >= 0.6 is 0 Å². The van der Waals surface area contributed by atoms with E-state index in [4.69, 9.17) is 4.98 Å². The zero-order valence-electron chi connectivity index (χ0n) is 17.5. The number of rotatable bonds is 2. The van der Waals surface area contributed by atoms with Crippen molar-refractivity contribution in [1.82, 2.24) is 4.98 Å². The highest BCUT2D eigenvalue weighted by molar-refractivity contribution is 5.83. The Morgan fingerprint density at radius 1 is 0.926 bits per heavy atom. The van der Waals surface area contributed by atoms with Crippen LogP contribution in [0.25, 0.3) is 22.4 Å². The molecule has 0 fully saturated rings. The summed E-state index contributed by atoms with van der Waals surface area (Å²) in [5.41, 5.74) is 11.5. The van der Waals surface area contributed by atoms with Crippen molar-refractivity contribution >= 4 is 0 Å². The number of aromatic nitrogens is 2. The molecule has 0 saturated heterocycles. The molecule has 2 aromatic heterocycles. The smallest absolute Gasteiger partial charge is 0.212 e. The monoisotopic (exact) mass is 357 g/mol. The minimum atomic E-state index is -0.0536. The van der Waals surface area contributed by atoms with Gasteiger partial charge in [0.2, 0.25) is 5.69 Å². The molecule has 0 radical (unpaired) electrons. The second-order valence-corrected chi connectivity index (χ2v) is 8.80. The molecule has 1 aliphatic carbocycles. The molecule has 4 rings (SSSR count). The second kappa shape index (κ2) is 6.02. The van der Waals surface area contributed by atoms with E-state index in [-0.39, 0.29) is 5.41 Å². The molecule has 2 heteroatoms. The Hall–Kier alpha value is -2.48. The van der Waals surface area contributed by atoms with Gasteiger partial charge in [0, 0.05) is 34.4 Å². The van der Waals surface area contributed by atoms with Crippen LogP contribution in [-0.2, 0) is 12.5 Å². The average Bonchev–Trinajstić information content (AvgIpc) is 2.82. The first-order chi connectivity index (χ1) is 12.7. The van der Waals surface area contributed by atoms with E-state index >= 15 is 0 Å². The van der Waals surface area contributed by atoms with E-state index in [0.717, 1.165) is 5.69 Å². The van der Waals surface area contributed by atoms with Gasteiger partial charge in [-0.1, -0.05) is 39.8 Å². The maximum absolute atomic E-state index is 4.90. The van der Waals surface area contributed by atoms with Crippen molar-refractivity contribution in [1.29, 1.82) is 0 Å². The summed E-state index contributed by atoms with van der Waals surface area (Å²) in [6.45, 7) is 13.4. The molecular weight excluding hydrogens is 328 g/mol. The van der Waals surface area contributed by atoms with E-state index in [9.17, 15) is 0 Å². The predicted octanol–water partition coefficient (Wildman–Crippen LogP) is 5.62. The van der Waals surface area contributed by atoms with Crippen LogP contribution in [-0.4, -0.2) is 4.98 Å². The minimum Gasteiger partial charge on any atom is -0.257 e. The summed E-state index contributed by atoms with van der Waals surface area (Å²) in [5, 5.41) is 0. The largest absolute Gasteiger partial charge is 0.257 e. The van der Waals surface area contributed by atoms with E-state index in [1.54, 1.807) is 0 Å². The summed E-state index contributed by atoms with van der Waals surface area (Å²) >= 11 is 0. The molecule has 27 heavy (non-hydrogen) atoms. The molecule has 2 heterocycles. The van der Waals surface area contributed by atoms with Crippen LogP contribution in [0.1, 0.15) is 61.7 Å². The average molecular weight is 358 g/mol. The second-order valence-electron chi connectivity index (χ2n) is 8.80. The van der Waals surface area contributed by atoms with Crippen LogP contribution < -0.4 is 4.57 Å². The predicted molar refractivity (Wildman–Crippen MR) is 112 cm³/mol. The number of pyridine rings is 2. The SMILES string of the molecule is Cc1ccc2c(n1)C(C)(C)c1cc(C)c(-c3cc(C(C)C)cc[n+]3C)cc1-2. The molecule has 1 aromatic carbocycles. The Kier molecular flexibility index (Phi) is 3.99. The zero-order chi connectivity index (χ0) is 19.5. The summed E-state index contributed by atoms with van der Waals surface area (Å²) in [4.78, 5) is 4.90. The maximum atomic E-state index is 4.90. The van der Waals surface area contributed by atoms with E-state index in [0.29, 0.717) is 5.92 Å². The van der Waals surface area contributed by atoms with E-state index in [2.05, 4.69) is 95.8 Å². The Balaban J connectivity index is 1.98. The molecule has 2 nitrogen and oxygen atoms in total. The number of hydrogen-bond acceptors (Lipinski definition) is 1. The molecule has 3 aromatic rings. The quantitative estimate of drug-likeness (QED) is 0.544. The van der Waals surface area contributed by atoms with Gasteiger partial charge in [0.25, 0.3) is 0 Å². The third-order valence-electron chi connectivity index (χ3n) is 6.07. The van der Waals surface area contributed by atoms with Crippen LogP contribution in [0, 0.1) is 13.8 Å². The van der Waals surface area contributed by atoms with Gasteiger partial charge in [-0.2, -0.15) is 0 Å². The third-order valence-corrected chi connectivity index (χ3v) is 6.07. The molecule has 0 spiro atoms. The number of aryl methyl sites for hydroxylation is 3. The standard InChI is InChI=1S/C25H29N2/c1-15(2)18-10-11-27(7)23(13-18)20-14-21-19-9-8-17(4)26-24(19)25(5,6)22(21)12-16(20)3/h8-15H,1-7H3/q+1. The summed E-state index contributed by atoms with van der Waals surface area (Å²) in [7, 11) is 2.13. The molecule has 0 aliphatic heterocycles. The lowest BCUT2D eigenvalue weighted by molar-refractivity contribution is -0.660. The van der Waals surface area contributed by atoms with Crippen molar-refractivity contribution in [2.75, 3.05) is 0 Å². The van der Waals surface area contributed by atoms with Gasteiger partial charge in [0.1, 0.15) is 7.05 Å². The highest BCUT2D eigenvalue weighted by atomic mass is 14.9. The Morgan fingerprint density at radius 2 is 1.67 bits per heavy atom. The summed E-state index contributed by atoms with van der Waals surface area (Å²) in [6, 6.07) is 13.7. The van der Waals surface area contributed by atoms with Crippen molar-refractivity contribution in [2.45, 2.75) is 52.9 Å². The highest BCUT2D eigenvalue weighted by Gasteiger charge is 2.38. The van der Waals surface area contributed by atoms with Gasteiger partial charge >= 0.3 is 0 Å². The first-order valence-corrected chi connectivity index (χ1v) is 9.83. The summed E-state index contributed by atoms with van der Waals surface area (Å²) < 4.78 is 2.23. The third kappa shape index (κ3) is 2.70.